The lowest BCUT2D eigenvalue weighted by atomic mass is 9.73. The van der Waals surface area contributed by atoms with Crippen molar-refractivity contribution in [3.8, 4) is 21.1 Å². The summed E-state index contributed by atoms with van der Waals surface area (Å²) in [4.78, 5) is 12.5. The monoisotopic (exact) mass is 551 g/mol. The molecule has 40 heavy (non-hydrogen) atoms. The summed E-state index contributed by atoms with van der Waals surface area (Å²) in [7, 11) is 0. The maximum atomic E-state index is 5.04. The number of thiazole rings is 2. The highest BCUT2D eigenvalue weighted by Gasteiger charge is 2.36. The molecule has 1 aliphatic rings. The molecule has 5 heteroatoms. The number of hydrogen-bond acceptors (Lipinski definition) is 5. The Morgan fingerprint density at radius 2 is 1.00 bits per heavy atom. The molecular formula is C35H25N3S2. The van der Waals surface area contributed by atoms with E-state index >= 15 is 0 Å². The van der Waals surface area contributed by atoms with Crippen LogP contribution in [0.5, 0.6) is 0 Å². The van der Waals surface area contributed by atoms with Crippen LogP contribution in [0.15, 0.2) is 115 Å². The Kier molecular flexibility index (Phi) is 5.21. The predicted molar refractivity (Wildman–Crippen MR) is 170 cm³/mol. The van der Waals surface area contributed by atoms with E-state index in [-0.39, 0.29) is 5.41 Å². The molecule has 0 amide bonds. The van der Waals surface area contributed by atoms with E-state index in [1.165, 1.54) is 31.9 Å². The van der Waals surface area contributed by atoms with Gasteiger partial charge in [-0.25, -0.2) is 9.97 Å². The van der Waals surface area contributed by atoms with Crippen molar-refractivity contribution >= 4 is 60.2 Å². The van der Waals surface area contributed by atoms with Crippen LogP contribution in [0.25, 0.3) is 41.6 Å². The maximum absolute atomic E-state index is 5.04. The van der Waals surface area contributed by atoms with Crippen LogP contribution in [0.3, 0.4) is 0 Å². The van der Waals surface area contributed by atoms with Crippen LogP contribution in [-0.2, 0) is 5.41 Å². The van der Waals surface area contributed by atoms with Gasteiger partial charge in [0.2, 0.25) is 0 Å². The summed E-state index contributed by atoms with van der Waals surface area (Å²) >= 11 is 3.48. The molecule has 8 rings (SSSR count). The van der Waals surface area contributed by atoms with Crippen LogP contribution in [-0.4, -0.2) is 9.97 Å². The summed E-state index contributed by atoms with van der Waals surface area (Å²) in [6.45, 7) is 4.65. The molecule has 0 radical (unpaired) electrons. The topological polar surface area (TPSA) is 29.0 Å². The Labute approximate surface area is 241 Å². The number of aromatic nitrogens is 2. The summed E-state index contributed by atoms with van der Waals surface area (Å²) in [5.74, 6) is 0. The number of hydrogen-bond donors (Lipinski definition) is 0. The summed E-state index contributed by atoms with van der Waals surface area (Å²) in [5, 5.41) is 2.04. The molecule has 3 heterocycles. The standard InChI is InChI=1S/C35H25N3S2/c1-35(2)25-11-3-7-15-29(25)38(30-16-8-4-12-26(30)35)24-20-22(33-36-27-13-5-9-17-31(27)39-33)19-23(21-24)34-37-28-14-6-10-18-32(28)40-34/h3-21H,1-2H3. The molecule has 7 aromatic rings. The van der Waals surface area contributed by atoms with Gasteiger partial charge in [0.05, 0.1) is 31.8 Å². The summed E-state index contributed by atoms with van der Waals surface area (Å²) in [5.41, 5.74) is 10.3. The van der Waals surface area contributed by atoms with Gasteiger partial charge in [0.1, 0.15) is 10.0 Å². The molecule has 0 saturated heterocycles. The third kappa shape index (κ3) is 3.62. The number of rotatable bonds is 3. The van der Waals surface area contributed by atoms with Crippen molar-refractivity contribution in [1.82, 2.24) is 9.97 Å². The van der Waals surface area contributed by atoms with Gasteiger partial charge >= 0.3 is 0 Å². The first-order chi connectivity index (χ1) is 19.6. The summed E-state index contributed by atoms with van der Waals surface area (Å²) < 4.78 is 2.39. The van der Waals surface area contributed by atoms with Crippen molar-refractivity contribution < 1.29 is 0 Å². The van der Waals surface area contributed by atoms with E-state index in [0.717, 1.165) is 37.9 Å². The molecular weight excluding hydrogens is 527 g/mol. The molecule has 0 spiro atoms. The van der Waals surface area contributed by atoms with Gasteiger partial charge in [-0.1, -0.05) is 74.5 Å². The predicted octanol–water partition coefficient (Wildman–Crippen LogP) is 10.3. The van der Waals surface area contributed by atoms with Gasteiger partial charge in [-0.05, 0) is 65.7 Å². The maximum Gasteiger partial charge on any atom is 0.124 e. The molecule has 0 atom stereocenters. The van der Waals surface area contributed by atoms with E-state index in [1.807, 2.05) is 0 Å². The minimum Gasteiger partial charge on any atom is -0.310 e. The second-order valence-electron chi connectivity index (χ2n) is 10.7. The van der Waals surface area contributed by atoms with Gasteiger partial charge in [-0.3, -0.25) is 0 Å². The molecule has 1 aliphatic heterocycles. The molecule has 0 fully saturated rings. The van der Waals surface area contributed by atoms with Gasteiger partial charge in [0.15, 0.2) is 0 Å². The fourth-order valence-corrected chi connectivity index (χ4v) is 7.83. The lowest BCUT2D eigenvalue weighted by Crippen LogP contribution is -2.30. The summed E-state index contributed by atoms with van der Waals surface area (Å²) in [6.07, 6.45) is 0. The second kappa shape index (κ2) is 8.85. The van der Waals surface area contributed by atoms with Gasteiger partial charge in [-0.15, -0.1) is 22.7 Å². The second-order valence-corrected chi connectivity index (χ2v) is 12.8. The SMILES string of the molecule is CC1(C)c2ccccc2N(c2cc(-c3nc4ccccc4s3)cc(-c3nc4ccccc4s3)c2)c2ccccc21. The number of nitrogens with zero attached hydrogens (tertiary/aromatic N) is 3. The molecule has 0 saturated carbocycles. The Balaban J connectivity index is 1.40. The first kappa shape index (κ1) is 23.6. The van der Waals surface area contributed by atoms with Crippen LogP contribution in [0, 0.1) is 0 Å². The number of benzene rings is 5. The first-order valence-electron chi connectivity index (χ1n) is 13.4. The third-order valence-electron chi connectivity index (χ3n) is 7.89. The van der Waals surface area contributed by atoms with Crippen molar-refractivity contribution in [2.75, 3.05) is 4.90 Å². The highest BCUT2D eigenvalue weighted by molar-refractivity contribution is 7.22. The average molecular weight is 552 g/mol. The molecule has 3 nitrogen and oxygen atoms in total. The minimum absolute atomic E-state index is 0.107. The van der Waals surface area contributed by atoms with Gasteiger partial charge < -0.3 is 4.90 Å². The highest BCUT2D eigenvalue weighted by Crippen LogP contribution is 2.52. The molecule has 0 aliphatic carbocycles. The van der Waals surface area contributed by atoms with Crippen molar-refractivity contribution in [2.45, 2.75) is 19.3 Å². The zero-order chi connectivity index (χ0) is 26.8. The van der Waals surface area contributed by atoms with E-state index < -0.39 is 0 Å². The zero-order valence-corrected chi connectivity index (χ0v) is 23.8. The quantitative estimate of drug-likeness (QED) is 0.219. The Hall–Kier alpha value is -4.32. The largest absolute Gasteiger partial charge is 0.310 e. The molecule has 0 N–H and O–H groups in total. The van der Waals surface area contributed by atoms with E-state index in [9.17, 15) is 0 Å². The van der Waals surface area contributed by atoms with E-state index in [4.69, 9.17) is 9.97 Å². The Morgan fingerprint density at radius 1 is 0.550 bits per heavy atom. The third-order valence-corrected chi connectivity index (χ3v) is 10.1. The van der Waals surface area contributed by atoms with Crippen molar-refractivity contribution in [3.63, 3.8) is 0 Å². The van der Waals surface area contributed by atoms with Crippen LogP contribution in [0.1, 0.15) is 25.0 Å². The average Bonchev–Trinajstić information content (AvgIpc) is 3.62. The van der Waals surface area contributed by atoms with Gasteiger partial charge in [0.25, 0.3) is 0 Å². The van der Waals surface area contributed by atoms with Crippen LogP contribution < -0.4 is 4.90 Å². The zero-order valence-electron chi connectivity index (χ0n) is 22.1. The van der Waals surface area contributed by atoms with E-state index in [1.54, 1.807) is 22.7 Å². The van der Waals surface area contributed by atoms with Crippen LogP contribution in [0.4, 0.5) is 17.1 Å². The fourth-order valence-electron chi connectivity index (χ4n) is 5.93. The van der Waals surface area contributed by atoms with Crippen molar-refractivity contribution in [1.29, 1.82) is 0 Å². The molecule has 192 valence electrons. The number of fused-ring (bicyclic) bond motifs is 4. The smallest absolute Gasteiger partial charge is 0.124 e. The fraction of sp³-hybridized carbons (Fsp3) is 0.0857. The molecule has 2 aromatic heterocycles. The van der Waals surface area contributed by atoms with E-state index in [0.29, 0.717) is 0 Å². The minimum atomic E-state index is -0.107. The van der Waals surface area contributed by atoms with Crippen LogP contribution >= 0.6 is 22.7 Å². The Bertz CT molecular complexity index is 1860. The van der Waals surface area contributed by atoms with E-state index in [2.05, 4.69) is 134 Å². The lowest BCUT2D eigenvalue weighted by Gasteiger charge is -2.42. The van der Waals surface area contributed by atoms with Gasteiger partial charge in [0, 0.05) is 22.2 Å². The number of para-hydroxylation sites is 4. The summed E-state index contributed by atoms with van der Waals surface area (Å²) in [6, 6.07) is 41.2. The highest BCUT2D eigenvalue weighted by atomic mass is 32.1. The van der Waals surface area contributed by atoms with Crippen LogP contribution in [0.2, 0.25) is 0 Å². The van der Waals surface area contributed by atoms with Crippen molar-refractivity contribution in [3.05, 3.63) is 126 Å². The number of anilines is 3. The lowest BCUT2D eigenvalue weighted by molar-refractivity contribution is 0.632. The van der Waals surface area contributed by atoms with Gasteiger partial charge in [-0.2, -0.15) is 0 Å². The first-order valence-corrected chi connectivity index (χ1v) is 15.1. The normalized spacial score (nSPS) is 13.9. The molecule has 0 bridgehead atoms. The molecule has 5 aromatic carbocycles. The van der Waals surface area contributed by atoms with Crippen molar-refractivity contribution in [2.24, 2.45) is 0 Å². The Morgan fingerprint density at radius 3 is 1.50 bits per heavy atom. The molecule has 0 unspecified atom stereocenters.